The van der Waals surface area contributed by atoms with Crippen molar-refractivity contribution in [3.05, 3.63) is 71.8 Å². The predicted molar refractivity (Wildman–Crippen MR) is 94.1 cm³/mol. The molecule has 1 atom stereocenters. The first-order valence-corrected chi connectivity index (χ1v) is 7.97. The van der Waals surface area contributed by atoms with E-state index in [1.807, 2.05) is 36.4 Å². The second-order valence-electron chi connectivity index (χ2n) is 6.88. The SMILES string of the molecule is CC(C)(C)[C@@H](C#N)NN(Cc1ccccc1)Cc1ccccc1. The molecule has 0 aliphatic rings. The molecule has 0 aromatic heterocycles. The molecule has 0 saturated carbocycles. The second kappa shape index (κ2) is 7.92. The van der Waals surface area contributed by atoms with Crippen molar-refractivity contribution in [3.8, 4) is 6.07 Å². The number of nitrogens with one attached hydrogen (secondary N) is 1. The van der Waals surface area contributed by atoms with Crippen LogP contribution in [0.1, 0.15) is 31.9 Å². The third-order valence-corrected chi connectivity index (χ3v) is 3.74. The summed E-state index contributed by atoms with van der Waals surface area (Å²) in [4.78, 5) is 0. The lowest BCUT2D eigenvalue weighted by Gasteiger charge is -2.32. The molecule has 3 nitrogen and oxygen atoms in total. The van der Waals surface area contributed by atoms with Gasteiger partial charge in [0.1, 0.15) is 6.04 Å². The van der Waals surface area contributed by atoms with E-state index in [0.29, 0.717) is 0 Å². The van der Waals surface area contributed by atoms with E-state index in [-0.39, 0.29) is 11.5 Å². The summed E-state index contributed by atoms with van der Waals surface area (Å²) < 4.78 is 0. The van der Waals surface area contributed by atoms with Crippen molar-refractivity contribution >= 4 is 0 Å². The van der Waals surface area contributed by atoms with Crippen molar-refractivity contribution in [1.82, 2.24) is 10.4 Å². The van der Waals surface area contributed by atoms with E-state index in [4.69, 9.17) is 0 Å². The predicted octanol–water partition coefficient (Wildman–Crippen LogP) is 4.13. The van der Waals surface area contributed by atoms with Crippen LogP contribution < -0.4 is 5.43 Å². The molecule has 0 aliphatic heterocycles. The number of hydrazine groups is 1. The molecule has 1 N–H and O–H groups in total. The van der Waals surface area contributed by atoms with Crippen molar-refractivity contribution in [1.29, 1.82) is 5.26 Å². The van der Waals surface area contributed by atoms with Crippen LogP contribution in [0, 0.1) is 16.7 Å². The van der Waals surface area contributed by atoms with Gasteiger partial charge in [0.05, 0.1) is 6.07 Å². The molecule has 23 heavy (non-hydrogen) atoms. The maximum absolute atomic E-state index is 9.50. The third kappa shape index (κ3) is 5.52. The van der Waals surface area contributed by atoms with Gasteiger partial charge in [0.2, 0.25) is 0 Å². The number of hydrogen-bond donors (Lipinski definition) is 1. The lowest BCUT2D eigenvalue weighted by Crippen LogP contribution is -2.48. The van der Waals surface area contributed by atoms with Crippen molar-refractivity contribution < 1.29 is 0 Å². The number of benzene rings is 2. The molecule has 0 aliphatic carbocycles. The van der Waals surface area contributed by atoms with Gasteiger partial charge >= 0.3 is 0 Å². The van der Waals surface area contributed by atoms with Crippen molar-refractivity contribution in [2.45, 2.75) is 39.9 Å². The second-order valence-corrected chi connectivity index (χ2v) is 6.88. The van der Waals surface area contributed by atoms with Crippen LogP contribution in [0.2, 0.25) is 0 Å². The standard InChI is InChI=1S/C20H25N3/c1-20(2,3)19(14-21)22-23(15-17-10-6-4-7-11-17)16-18-12-8-5-9-13-18/h4-13,19,22H,15-16H2,1-3H3/t19-/m1/s1. The average Bonchev–Trinajstić information content (AvgIpc) is 2.53. The van der Waals surface area contributed by atoms with Crippen LogP contribution in [0.25, 0.3) is 0 Å². The summed E-state index contributed by atoms with van der Waals surface area (Å²) in [5.41, 5.74) is 5.74. The molecule has 0 amide bonds. The molecule has 0 heterocycles. The average molecular weight is 307 g/mol. The zero-order valence-corrected chi connectivity index (χ0v) is 14.2. The molecular weight excluding hydrogens is 282 g/mol. The number of nitrogens with zero attached hydrogens (tertiary/aromatic N) is 2. The summed E-state index contributed by atoms with van der Waals surface area (Å²) in [6.45, 7) is 7.75. The van der Waals surface area contributed by atoms with E-state index >= 15 is 0 Å². The summed E-state index contributed by atoms with van der Waals surface area (Å²) in [5.74, 6) is 0. The summed E-state index contributed by atoms with van der Waals surface area (Å²) >= 11 is 0. The van der Waals surface area contributed by atoms with Crippen LogP contribution in [-0.4, -0.2) is 11.1 Å². The highest BCUT2D eigenvalue weighted by atomic mass is 15.5. The summed E-state index contributed by atoms with van der Waals surface area (Å²) in [6, 6.07) is 22.8. The highest BCUT2D eigenvalue weighted by molar-refractivity contribution is 5.17. The van der Waals surface area contributed by atoms with Gasteiger partial charge < -0.3 is 0 Å². The van der Waals surface area contributed by atoms with Crippen LogP contribution in [0.5, 0.6) is 0 Å². The first-order valence-electron chi connectivity index (χ1n) is 7.97. The van der Waals surface area contributed by atoms with Crippen LogP contribution in [-0.2, 0) is 13.1 Å². The number of hydrogen-bond acceptors (Lipinski definition) is 3. The number of nitriles is 1. The van der Waals surface area contributed by atoms with Gasteiger partial charge in [0.25, 0.3) is 0 Å². The minimum atomic E-state index is -0.241. The Kier molecular flexibility index (Phi) is 5.92. The number of rotatable bonds is 6. The van der Waals surface area contributed by atoms with E-state index in [9.17, 15) is 5.26 Å². The minimum Gasteiger partial charge on any atom is -0.237 e. The Morgan fingerprint density at radius 1 is 0.913 bits per heavy atom. The monoisotopic (exact) mass is 307 g/mol. The Bertz CT molecular complexity index is 582. The van der Waals surface area contributed by atoms with E-state index in [1.54, 1.807) is 0 Å². The topological polar surface area (TPSA) is 39.1 Å². The van der Waals surface area contributed by atoms with Crippen LogP contribution in [0.4, 0.5) is 0 Å². The molecule has 0 bridgehead atoms. The first-order chi connectivity index (χ1) is 11.0. The molecule has 2 aromatic carbocycles. The molecule has 2 aromatic rings. The third-order valence-electron chi connectivity index (χ3n) is 3.74. The first kappa shape index (κ1) is 17.2. The fourth-order valence-corrected chi connectivity index (χ4v) is 2.35. The normalized spacial score (nSPS) is 12.8. The highest BCUT2D eigenvalue weighted by Crippen LogP contribution is 2.20. The van der Waals surface area contributed by atoms with Gasteiger partial charge in [0, 0.05) is 13.1 Å². The molecule has 0 saturated heterocycles. The maximum atomic E-state index is 9.50. The van der Waals surface area contributed by atoms with E-state index in [1.165, 1.54) is 11.1 Å². The Morgan fingerprint density at radius 3 is 1.70 bits per heavy atom. The zero-order valence-electron chi connectivity index (χ0n) is 14.2. The summed E-state index contributed by atoms with van der Waals surface area (Å²) in [6.07, 6.45) is 0. The van der Waals surface area contributed by atoms with Crippen molar-refractivity contribution in [2.24, 2.45) is 5.41 Å². The largest absolute Gasteiger partial charge is 0.237 e. The Morgan fingerprint density at radius 2 is 1.35 bits per heavy atom. The van der Waals surface area contributed by atoms with Gasteiger partial charge in [0.15, 0.2) is 0 Å². The smallest absolute Gasteiger partial charge is 0.113 e. The fraction of sp³-hybridized carbons (Fsp3) is 0.350. The Balaban J connectivity index is 2.15. The summed E-state index contributed by atoms with van der Waals surface area (Å²) in [5, 5.41) is 11.6. The highest BCUT2D eigenvalue weighted by Gasteiger charge is 2.26. The van der Waals surface area contributed by atoms with E-state index in [2.05, 4.69) is 61.5 Å². The minimum absolute atomic E-state index is 0.125. The molecule has 0 unspecified atom stereocenters. The summed E-state index contributed by atoms with van der Waals surface area (Å²) in [7, 11) is 0. The lowest BCUT2D eigenvalue weighted by molar-refractivity contribution is 0.114. The van der Waals surface area contributed by atoms with Gasteiger partial charge in [-0.1, -0.05) is 81.4 Å². The molecule has 120 valence electrons. The maximum Gasteiger partial charge on any atom is 0.113 e. The van der Waals surface area contributed by atoms with Crippen LogP contribution >= 0.6 is 0 Å². The van der Waals surface area contributed by atoms with Gasteiger partial charge in [-0.25, -0.2) is 10.4 Å². The molecule has 3 heteroatoms. The quantitative estimate of drug-likeness (QED) is 0.816. The molecular formula is C20H25N3. The van der Waals surface area contributed by atoms with E-state index < -0.39 is 0 Å². The van der Waals surface area contributed by atoms with Gasteiger partial charge in [-0.3, -0.25) is 0 Å². The van der Waals surface area contributed by atoms with Crippen molar-refractivity contribution in [3.63, 3.8) is 0 Å². The van der Waals surface area contributed by atoms with Crippen molar-refractivity contribution in [2.75, 3.05) is 0 Å². The van der Waals surface area contributed by atoms with Gasteiger partial charge in [-0.05, 0) is 16.5 Å². The Hall–Kier alpha value is -2.15. The van der Waals surface area contributed by atoms with Crippen LogP contribution in [0.15, 0.2) is 60.7 Å². The fourth-order valence-electron chi connectivity index (χ4n) is 2.35. The molecule has 0 radical (unpaired) electrons. The molecule has 0 spiro atoms. The Labute approximate surface area is 139 Å². The lowest BCUT2D eigenvalue weighted by atomic mass is 9.88. The molecule has 0 fully saturated rings. The van der Waals surface area contributed by atoms with Gasteiger partial charge in [-0.2, -0.15) is 5.26 Å². The van der Waals surface area contributed by atoms with E-state index in [0.717, 1.165) is 13.1 Å². The molecule has 2 rings (SSSR count). The van der Waals surface area contributed by atoms with Gasteiger partial charge in [-0.15, -0.1) is 0 Å². The zero-order chi connectivity index (χ0) is 16.7. The van der Waals surface area contributed by atoms with Crippen LogP contribution in [0.3, 0.4) is 0 Å².